The molecule has 90 valence electrons. The molecule has 0 radical (unpaired) electrons. The van der Waals surface area contributed by atoms with Crippen LogP contribution in [0.3, 0.4) is 0 Å². The molecule has 1 nitrogen and oxygen atoms in total. The standard InChI is InChI=1S/C13H19ClFN/c1-9(2)16-8-13(3,4)12-10(14)6-5-7-11(12)15/h5-7,9,16H,8H2,1-4H3. The summed E-state index contributed by atoms with van der Waals surface area (Å²) in [6, 6.07) is 5.20. The van der Waals surface area contributed by atoms with Gasteiger partial charge in [0, 0.05) is 28.6 Å². The molecule has 1 aromatic carbocycles. The molecule has 0 fully saturated rings. The number of hydrogen-bond donors (Lipinski definition) is 1. The van der Waals surface area contributed by atoms with E-state index < -0.39 is 0 Å². The Morgan fingerprint density at radius 2 is 2.00 bits per heavy atom. The van der Waals surface area contributed by atoms with Gasteiger partial charge in [0.2, 0.25) is 0 Å². The molecular weight excluding hydrogens is 225 g/mol. The molecule has 0 bridgehead atoms. The fourth-order valence-corrected chi connectivity index (χ4v) is 2.11. The Morgan fingerprint density at radius 3 is 2.50 bits per heavy atom. The molecule has 1 aromatic rings. The Kier molecular flexibility index (Phi) is 4.34. The van der Waals surface area contributed by atoms with Crippen LogP contribution >= 0.6 is 11.6 Å². The first-order valence-electron chi connectivity index (χ1n) is 5.52. The van der Waals surface area contributed by atoms with Gasteiger partial charge in [-0.05, 0) is 12.1 Å². The van der Waals surface area contributed by atoms with Crippen LogP contribution < -0.4 is 5.32 Å². The first-order valence-corrected chi connectivity index (χ1v) is 5.90. The number of benzene rings is 1. The first-order chi connectivity index (χ1) is 7.34. The molecular formula is C13H19ClFN. The predicted molar refractivity (Wildman–Crippen MR) is 67.6 cm³/mol. The van der Waals surface area contributed by atoms with Gasteiger partial charge in [0.15, 0.2) is 0 Å². The van der Waals surface area contributed by atoms with Crippen molar-refractivity contribution in [3.05, 3.63) is 34.6 Å². The van der Waals surface area contributed by atoms with E-state index in [2.05, 4.69) is 19.2 Å². The van der Waals surface area contributed by atoms with Gasteiger partial charge >= 0.3 is 0 Å². The third kappa shape index (κ3) is 3.19. The van der Waals surface area contributed by atoms with Crippen molar-refractivity contribution in [2.45, 2.75) is 39.2 Å². The van der Waals surface area contributed by atoms with E-state index >= 15 is 0 Å². The summed E-state index contributed by atoms with van der Waals surface area (Å²) in [5.74, 6) is -0.233. The Balaban J connectivity index is 2.97. The lowest BCUT2D eigenvalue weighted by atomic mass is 9.84. The van der Waals surface area contributed by atoms with Crippen molar-refractivity contribution in [3.8, 4) is 0 Å². The largest absolute Gasteiger partial charge is 0.314 e. The zero-order valence-electron chi connectivity index (χ0n) is 10.3. The van der Waals surface area contributed by atoms with Crippen LogP contribution in [0.5, 0.6) is 0 Å². The highest BCUT2D eigenvalue weighted by molar-refractivity contribution is 6.31. The maximum atomic E-state index is 13.8. The Morgan fingerprint density at radius 1 is 1.38 bits per heavy atom. The van der Waals surface area contributed by atoms with Gasteiger partial charge in [0.05, 0.1) is 0 Å². The summed E-state index contributed by atoms with van der Waals surface area (Å²) in [6.45, 7) is 8.82. The summed E-state index contributed by atoms with van der Waals surface area (Å²) >= 11 is 6.06. The van der Waals surface area contributed by atoms with E-state index in [1.807, 2.05) is 13.8 Å². The van der Waals surface area contributed by atoms with Crippen molar-refractivity contribution in [2.24, 2.45) is 0 Å². The van der Waals surface area contributed by atoms with Crippen LogP contribution in [0.15, 0.2) is 18.2 Å². The molecule has 0 aliphatic heterocycles. The normalized spacial score (nSPS) is 12.2. The molecule has 0 aliphatic rings. The average molecular weight is 244 g/mol. The zero-order valence-corrected chi connectivity index (χ0v) is 11.0. The molecule has 0 unspecified atom stereocenters. The smallest absolute Gasteiger partial charge is 0.128 e. The summed E-state index contributed by atoms with van der Waals surface area (Å²) in [6.07, 6.45) is 0. The van der Waals surface area contributed by atoms with Gasteiger partial charge in [-0.2, -0.15) is 0 Å². The zero-order chi connectivity index (χ0) is 12.3. The lowest BCUT2D eigenvalue weighted by Gasteiger charge is -2.28. The number of halogens is 2. The lowest BCUT2D eigenvalue weighted by Crippen LogP contribution is -2.37. The van der Waals surface area contributed by atoms with Crippen molar-refractivity contribution in [2.75, 3.05) is 6.54 Å². The third-order valence-corrected chi connectivity index (χ3v) is 2.91. The van der Waals surface area contributed by atoms with Crippen LogP contribution in [0.25, 0.3) is 0 Å². The second-order valence-electron chi connectivity index (χ2n) is 5.02. The number of rotatable bonds is 4. The summed E-state index contributed by atoms with van der Waals surface area (Å²) < 4.78 is 13.8. The number of nitrogens with one attached hydrogen (secondary N) is 1. The highest BCUT2D eigenvalue weighted by Gasteiger charge is 2.26. The van der Waals surface area contributed by atoms with E-state index in [-0.39, 0.29) is 11.2 Å². The first kappa shape index (κ1) is 13.5. The van der Waals surface area contributed by atoms with Crippen molar-refractivity contribution >= 4 is 11.6 Å². The molecule has 0 saturated heterocycles. The molecule has 1 rings (SSSR count). The Labute approximate surface area is 102 Å². The van der Waals surface area contributed by atoms with E-state index in [1.54, 1.807) is 12.1 Å². The van der Waals surface area contributed by atoms with E-state index in [0.717, 1.165) is 0 Å². The SMILES string of the molecule is CC(C)NCC(C)(C)c1c(F)cccc1Cl. The van der Waals surface area contributed by atoms with E-state index in [4.69, 9.17) is 11.6 Å². The molecule has 0 amide bonds. The van der Waals surface area contributed by atoms with Crippen molar-refractivity contribution in [1.29, 1.82) is 0 Å². The number of hydrogen-bond acceptors (Lipinski definition) is 1. The van der Waals surface area contributed by atoms with Crippen LogP contribution in [0.1, 0.15) is 33.3 Å². The summed E-state index contributed by atoms with van der Waals surface area (Å²) in [5.41, 5.74) is 0.275. The van der Waals surface area contributed by atoms with Gasteiger partial charge in [-0.1, -0.05) is 45.4 Å². The van der Waals surface area contributed by atoms with Crippen LogP contribution in [0.2, 0.25) is 5.02 Å². The quantitative estimate of drug-likeness (QED) is 0.849. The van der Waals surface area contributed by atoms with E-state index in [9.17, 15) is 4.39 Å². The molecule has 0 heterocycles. The van der Waals surface area contributed by atoms with Crippen LogP contribution in [-0.2, 0) is 5.41 Å². The van der Waals surface area contributed by atoms with Crippen molar-refractivity contribution in [3.63, 3.8) is 0 Å². The monoisotopic (exact) mass is 243 g/mol. The van der Waals surface area contributed by atoms with Gasteiger partial charge in [-0.25, -0.2) is 4.39 Å². The minimum absolute atomic E-state index is 0.233. The van der Waals surface area contributed by atoms with Gasteiger partial charge < -0.3 is 5.32 Å². The molecule has 0 atom stereocenters. The predicted octanol–water partition coefficient (Wildman–Crippen LogP) is 3.75. The summed E-state index contributed by atoms with van der Waals surface area (Å²) in [5, 5.41) is 3.81. The minimum Gasteiger partial charge on any atom is -0.314 e. The second-order valence-corrected chi connectivity index (χ2v) is 5.42. The van der Waals surface area contributed by atoms with Crippen molar-refractivity contribution in [1.82, 2.24) is 5.32 Å². The van der Waals surface area contributed by atoms with Gasteiger partial charge in [-0.15, -0.1) is 0 Å². The molecule has 0 aromatic heterocycles. The van der Waals surface area contributed by atoms with Crippen LogP contribution in [0, 0.1) is 5.82 Å². The maximum absolute atomic E-state index is 13.8. The van der Waals surface area contributed by atoms with Crippen LogP contribution in [-0.4, -0.2) is 12.6 Å². The maximum Gasteiger partial charge on any atom is 0.128 e. The fourth-order valence-electron chi connectivity index (χ4n) is 1.69. The van der Waals surface area contributed by atoms with Gasteiger partial charge in [0.25, 0.3) is 0 Å². The molecule has 0 spiro atoms. The summed E-state index contributed by atoms with van der Waals surface area (Å²) in [4.78, 5) is 0. The highest BCUT2D eigenvalue weighted by atomic mass is 35.5. The Bertz CT molecular complexity index is 341. The fraction of sp³-hybridized carbons (Fsp3) is 0.538. The molecule has 0 aliphatic carbocycles. The third-order valence-electron chi connectivity index (χ3n) is 2.59. The summed E-state index contributed by atoms with van der Waals surface area (Å²) in [7, 11) is 0. The average Bonchev–Trinajstić information content (AvgIpc) is 2.14. The molecule has 3 heteroatoms. The van der Waals surface area contributed by atoms with Gasteiger partial charge in [-0.3, -0.25) is 0 Å². The van der Waals surface area contributed by atoms with E-state index in [0.29, 0.717) is 23.2 Å². The molecule has 0 saturated carbocycles. The highest BCUT2D eigenvalue weighted by Crippen LogP contribution is 2.31. The van der Waals surface area contributed by atoms with E-state index in [1.165, 1.54) is 6.07 Å². The van der Waals surface area contributed by atoms with Gasteiger partial charge in [0.1, 0.15) is 5.82 Å². The lowest BCUT2D eigenvalue weighted by molar-refractivity contribution is 0.423. The van der Waals surface area contributed by atoms with Crippen molar-refractivity contribution < 1.29 is 4.39 Å². The Hall–Kier alpha value is -0.600. The topological polar surface area (TPSA) is 12.0 Å². The molecule has 16 heavy (non-hydrogen) atoms. The second kappa shape index (κ2) is 5.15. The van der Waals surface area contributed by atoms with Crippen LogP contribution in [0.4, 0.5) is 4.39 Å². The minimum atomic E-state index is -0.313. The molecule has 1 N–H and O–H groups in total.